The Bertz CT molecular complexity index is 747. The van der Waals surface area contributed by atoms with E-state index in [9.17, 15) is 4.79 Å². The highest BCUT2D eigenvalue weighted by Crippen LogP contribution is 2.30. The summed E-state index contributed by atoms with van der Waals surface area (Å²) in [5.41, 5.74) is 6.05. The van der Waals surface area contributed by atoms with E-state index in [-0.39, 0.29) is 5.69 Å². The number of carbonyl (C=O) groups is 1. The molecule has 0 atom stereocenters. The van der Waals surface area contributed by atoms with Gasteiger partial charge in [-0.2, -0.15) is 0 Å². The summed E-state index contributed by atoms with van der Waals surface area (Å²) in [4.78, 5) is 14.7. The van der Waals surface area contributed by atoms with Gasteiger partial charge in [0, 0.05) is 30.1 Å². The van der Waals surface area contributed by atoms with Crippen LogP contribution >= 0.6 is 0 Å². The molecular weight excluding hydrogens is 316 g/mol. The van der Waals surface area contributed by atoms with Crippen molar-refractivity contribution in [1.29, 1.82) is 0 Å². The summed E-state index contributed by atoms with van der Waals surface area (Å²) in [5.74, 6) is -0.0460. The van der Waals surface area contributed by atoms with E-state index < -0.39 is 5.91 Å². The van der Waals surface area contributed by atoms with E-state index in [4.69, 9.17) is 10.3 Å². The molecule has 0 spiro atoms. The fourth-order valence-corrected chi connectivity index (χ4v) is 2.30. The quantitative estimate of drug-likeness (QED) is 0.778. The predicted molar refractivity (Wildman–Crippen MR) is 96.9 cm³/mol. The summed E-state index contributed by atoms with van der Waals surface area (Å²) < 4.78 is 7.16. The summed E-state index contributed by atoms with van der Waals surface area (Å²) >= 11 is 0. The molecule has 1 amide bonds. The van der Waals surface area contributed by atoms with Crippen molar-refractivity contribution < 1.29 is 9.32 Å². The maximum atomic E-state index is 10.7. The Labute approximate surface area is 147 Å². The first kappa shape index (κ1) is 18.4. The highest BCUT2D eigenvalue weighted by atomic mass is 16.5. The van der Waals surface area contributed by atoms with Gasteiger partial charge in [0.25, 0.3) is 5.91 Å². The highest BCUT2D eigenvalue weighted by molar-refractivity contribution is 5.91. The van der Waals surface area contributed by atoms with Gasteiger partial charge in [-0.1, -0.05) is 49.3 Å². The first-order chi connectivity index (χ1) is 12.2. The number of benzene rings is 1. The van der Waals surface area contributed by atoms with E-state index in [1.807, 2.05) is 62.9 Å². The third-order valence-electron chi connectivity index (χ3n) is 3.84. The minimum absolute atomic E-state index is 0.142. The molecule has 2 heterocycles. The van der Waals surface area contributed by atoms with E-state index in [0.29, 0.717) is 5.76 Å². The van der Waals surface area contributed by atoms with Gasteiger partial charge in [-0.05, 0) is 19.3 Å². The first-order valence-corrected chi connectivity index (χ1v) is 8.53. The van der Waals surface area contributed by atoms with Crippen molar-refractivity contribution in [1.82, 2.24) is 14.7 Å². The van der Waals surface area contributed by atoms with Gasteiger partial charge in [0.05, 0.1) is 6.33 Å². The molecular formula is C19H24N4O2. The molecule has 1 fully saturated rings. The minimum atomic E-state index is -0.587. The Hall–Kier alpha value is -2.89. The van der Waals surface area contributed by atoms with Crippen LogP contribution in [0.5, 0.6) is 0 Å². The standard InChI is InChI=1S/C10H8N2O2.C7H10N2.C2H6/c11-10(13)8-6-9(14-12-8)7-4-2-1-3-5-7;1-2-7(3-1)9-5-4-8-6-9;1-2/h1-6H,(H2,11,13);4-7H,1-3H2;1-2H3. The molecule has 1 aromatic carbocycles. The molecule has 4 rings (SSSR count). The van der Waals surface area contributed by atoms with Gasteiger partial charge in [0.15, 0.2) is 11.5 Å². The lowest BCUT2D eigenvalue weighted by molar-refractivity contribution is 0.0992. The second-order valence-corrected chi connectivity index (χ2v) is 5.40. The summed E-state index contributed by atoms with van der Waals surface area (Å²) in [7, 11) is 0. The molecule has 3 aromatic rings. The van der Waals surface area contributed by atoms with Crippen LogP contribution in [0.4, 0.5) is 0 Å². The summed E-state index contributed by atoms with van der Waals surface area (Å²) in [6, 6.07) is 11.7. The van der Waals surface area contributed by atoms with Crippen molar-refractivity contribution in [3.8, 4) is 11.3 Å². The zero-order valence-corrected chi connectivity index (χ0v) is 14.6. The average molecular weight is 340 g/mol. The SMILES string of the molecule is CC.NC(=O)c1cc(-c2ccccc2)on1.c1cn(C2CCC2)cn1. The number of amides is 1. The second kappa shape index (κ2) is 9.42. The lowest BCUT2D eigenvalue weighted by Crippen LogP contribution is -2.14. The van der Waals surface area contributed by atoms with Crippen molar-refractivity contribution >= 4 is 5.91 Å². The Kier molecular flexibility index (Phi) is 6.95. The molecule has 1 aliphatic carbocycles. The van der Waals surface area contributed by atoms with Crippen LogP contribution < -0.4 is 5.73 Å². The largest absolute Gasteiger partial charge is 0.364 e. The van der Waals surface area contributed by atoms with Crippen LogP contribution in [0.3, 0.4) is 0 Å². The first-order valence-electron chi connectivity index (χ1n) is 8.53. The molecule has 1 saturated carbocycles. The number of imidazole rings is 1. The fourth-order valence-electron chi connectivity index (χ4n) is 2.30. The van der Waals surface area contributed by atoms with Crippen molar-refractivity contribution in [2.75, 3.05) is 0 Å². The van der Waals surface area contributed by atoms with Gasteiger partial charge in [0.2, 0.25) is 0 Å². The number of hydrogen-bond acceptors (Lipinski definition) is 4. The van der Waals surface area contributed by atoms with Gasteiger partial charge < -0.3 is 14.8 Å². The number of aromatic nitrogens is 3. The Morgan fingerprint density at radius 2 is 1.96 bits per heavy atom. The number of carbonyl (C=O) groups excluding carboxylic acids is 1. The van der Waals surface area contributed by atoms with Crippen LogP contribution in [0.1, 0.15) is 49.6 Å². The maximum absolute atomic E-state index is 10.7. The van der Waals surface area contributed by atoms with Crippen LogP contribution in [0.15, 0.2) is 59.6 Å². The molecule has 132 valence electrons. The molecule has 6 nitrogen and oxygen atoms in total. The lowest BCUT2D eigenvalue weighted by atomic mass is 9.93. The topological polar surface area (TPSA) is 86.9 Å². The van der Waals surface area contributed by atoms with Gasteiger partial charge >= 0.3 is 0 Å². The van der Waals surface area contributed by atoms with Crippen molar-refractivity contribution in [2.24, 2.45) is 5.73 Å². The van der Waals surface area contributed by atoms with Crippen LogP contribution in [0, 0.1) is 0 Å². The molecule has 25 heavy (non-hydrogen) atoms. The smallest absolute Gasteiger partial charge is 0.270 e. The van der Waals surface area contributed by atoms with Crippen molar-refractivity contribution in [2.45, 2.75) is 39.2 Å². The van der Waals surface area contributed by atoms with E-state index in [1.54, 1.807) is 0 Å². The van der Waals surface area contributed by atoms with E-state index in [1.165, 1.54) is 25.3 Å². The molecule has 0 saturated heterocycles. The fraction of sp³-hybridized carbons (Fsp3) is 0.316. The molecule has 0 unspecified atom stereocenters. The molecule has 0 radical (unpaired) electrons. The Balaban J connectivity index is 0.000000176. The molecule has 2 aromatic heterocycles. The molecule has 2 N–H and O–H groups in total. The maximum Gasteiger partial charge on any atom is 0.270 e. The number of nitrogens with two attached hydrogens (primary N) is 1. The van der Waals surface area contributed by atoms with Gasteiger partial charge in [-0.15, -0.1) is 0 Å². The van der Waals surface area contributed by atoms with Gasteiger partial charge in [0.1, 0.15) is 0 Å². The van der Waals surface area contributed by atoms with Gasteiger partial charge in [-0.3, -0.25) is 4.79 Å². The van der Waals surface area contributed by atoms with Gasteiger partial charge in [-0.25, -0.2) is 4.98 Å². The average Bonchev–Trinajstić information content (AvgIpc) is 3.29. The minimum Gasteiger partial charge on any atom is -0.364 e. The van der Waals surface area contributed by atoms with E-state index >= 15 is 0 Å². The predicted octanol–water partition coefficient (Wildman–Crippen LogP) is 4.07. The van der Waals surface area contributed by atoms with E-state index in [0.717, 1.165) is 11.6 Å². The summed E-state index contributed by atoms with van der Waals surface area (Å²) in [6.45, 7) is 4.00. The zero-order valence-electron chi connectivity index (χ0n) is 14.6. The second-order valence-electron chi connectivity index (χ2n) is 5.40. The van der Waals surface area contributed by atoms with Crippen molar-refractivity contribution in [3.05, 3.63) is 60.8 Å². The normalized spacial score (nSPS) is 12.9. The van der Waals surface area contributed by atoms with Crippen LogP contribution in [0.25, 0.3) is 11.3 Å². The third-order valence-corrected chi connectivity index (χ3v) is 3.84. The molecule has 6 heteroatoms. The number of primary amides is 1. The molecule has 0 bridgehead atoms. The Morgan fingerprint density at radius 3 is 2.44 bits per heavy atom. The van der Waals surface area contributed by atoms with Crippen LogP contribution in [-0.4, -0.2) is 20.6 Å². The van der Waals surface area contributed by atoms with Crippen LogP contribution in [-0.2, 0) is 0 Å². The van der Waals surface area contributed by atoms with E-state index in [2.05, 4.69) is 14.7 Å². The zero-order chi connectivity index (χ0) is 18.1. The molecule has 0 aliphatic heterocycles. The third kappa shape index (κ3) is 5.04. The van der Waals surface area contributed by atoms with Crippen molar-refractivity contribution in [3.63, 3.8) is 0 Å². The number of rotatable bonds is 3. The lowest BCUT2D eigenvalue weighted by Gasteiger charge is -2.26. The van der Waals surface area contributed by atoms with Crippen LogP contribution in [0.2, 0.25) is 0 Å². The number of nitrogens with zero attached hydrogens (tertiary/aromatic N) is 3. The molecule has 1 aliphatic rings. The number of hydrogen-bond donors (Lipinski definition) is 1. The summed E-state index contributed by atoms with van der Waals surface area (Å²) in [6.07, 6.45) is 9.88. The Morgan fingerprint density at radius 1 is 1.24 bits per heavy atom. The summed E-state index contributed by atoms with van der Waals surface area (Å²) in [5, 5.41) is 3.54. The highest BCUT2D eigenvalue weighted by Gasteiger charge is 2.17. The monoisotopic (exact) mass is 340 g/mol.